The number of nitrogens with one attached hydrogen (secondary N) is 1. The number of hydrogen-bond acceptors (Lipinski definition) is 8. The fourth-order valence-corrected chi connectivity index (χ4v) is 7.14. The second-order valence-electron chi connectivity index (χ2n) is 15.6. The Balaban J connectivity index is 0.000000300. The topological polar surface area (TPSA) is 134 Å². The third-order valence-corrected chi connectivity index (χ3v) is 10.7. The molecule has 0 aliphatic carbocycles. The van der Waals surface area contributed by atoms with Crippen LogP contribution in [-0.4, -0.2) is 42.5 Å². The van der Waals surface area contributed by atoms with Crippen LogP contribution in [0.5, 0.6) is 0 Å². The molecule has 0 saturated heterocycles. The van der Waals surface area contributed by atoms with Gasteiger partial charge in [-0.05, 0) is 88.0 Å². The minimum Gasteiger partial charge on any atom is -0.466 e. The van der Waals surface area contributed by atoms with Gasteiger partial charge in [0, 0.05) is 28.5 Å². The first-order valence-electron chi connectivity index (χ1n) is 21.8. The number of carbonyl (C=O) groups is 4. The third-order valence-electron chi connectivity index (χ3n) is 10.2. The maximum absolute atomic E-state index is 12.6. The highest BCUT2D eigenvalue weighted by atomic mass is 35.5. The summed E-state index contributed by atoms with van der Waals surface area (Å²) in [5.41, 5.74) is 14.2. The van der Waals surface area contributed by atoms with E-state index in [9.17, 15) is 19.2 Å². The van der Waals surface area contributed by atoms with Gasteiger partial charge < -0.3 is 25.3 Å². The zero-order valence-electron chi connectivity index (χ0n) is 37.0. The summed E-state index contributed by atoms with van der Waals surface area (Å²) < 4.78 is 15.9. The molecule has 6 aromatic rings. The molecule has 0 heterocycles. The summed E-state index contributed by atoms with van der Waals surface area (Å²) in [7, 11) is 0. The first-order chi connectivity index (χ1) is 31.5. The van der Waals surface area contributed by atoms with Crippen LogP contribution >= 0.6 is 35.6 Å². The summed E-state index contributed by atoms with van der Waals surface area (Å²) >= 11 is 12.2. The van der Waals surface area contributed by atoms with Crippen LogP contribution in [0.1, 0.15) is 67.7 Å². The molecule has 0 aliphatic rings. The fraction of sp³-hybridized carbons (Fsp3) is 0.259. The normalized spacial score (nSPS) is 11.4. The molecule has 0 aliphatic heterocycles. The van der Waals surface area contributed by atoms with Crippen LogP contribution in [0.3, 0.4) is 0 Å². The molecule has 12 heteroatoms. The summed E-state index contributed by atoms with van der Waals surface area (Å²) in [6, 6.07) is 49.7. The van der Waals surface area contributed by atoms with Gasteiger partial charge in [0.15, 0.2) is 0 Å². The maximum Gasteiger partial charge on any atom is 0.308 e. The average Bonchev–Trinajstić information content (AvgIpc) is 3.31. The van der Waals surface area contributed by atoms with E-state index in [0.717, 1.165) is 57.3 Å². The Morgan fingerprint density at radius 3 is 1.50 bits per heavy atom. The quantitative estimate of drug-likeness (QED) is 0.0414. The Bertz CT molecular complexity index is 2400. The smallest absolute Gasteiger partial charge is 0.308 e. The Hall–Kier alpha value is -5.97. The minimum atomic E-state index is -0.487. The van der Waals surface area contributed by atoms with Crippen molar-refractivity contribution in [2.24, 2.45) is 5.73 Å². The van der Waals surface area contributed by atoms with Gasteiger partial charge in [0.25, 0.3) is 0 Å². The van der Waals surface area contributed by atoms with E-state index in [0.29, 0.717) is 29.5 Å². The summed E-state index contributed by atoms with van der Waals surface area (Å²) in [5.74, 6) is -1.39. The Kier molecular flexibility index (Phi) is 23.0. The van der Waals surface area contributed by atoms with E-state index in [1.165, 1.54) is 0 Å². The molecule has 0 aromatic heterocycles. The SMILES string of the molecule is CCCCOC(=O)CCC(=O)N[C@@H](CC(=O)OCc1ccccc1)Cc1ccc(-c2cccc(Cl)c2)cc1.Cl.N[C@@H](CC(=O)OCc1ccccc1)Cc1ccc(-c2cccc(Cl)c2)cc1. The van der Waals surface area contributed by atoms with Gasteiger partial charge in [0.05, 0.1) is 25.9 Å². The molecule has 0 unspecified atom stereocenters. The van der Waals surface area contributed by atoms with E-state index < -0.39 is 18.0 Å². The Morgan fingerprint density at radius 1 is 0.530 bits per heavy atom. The van der Waals surface area contributed by atoms with Crippen molar-refractivity contribution in [1.82, 2.24) is 5.32 Å². The lowest BCUT2D eigenvalue weighted by Gasteiger charge is -2.19. The summed E-state index contributed by atoms with van der Waals surface area (Å²) in [6.07, 6.45) is 2.97. The second kappa shape index (κ2) is 28.8. The van der Waals surface area contributed by atoms with Gasteiger partial charge in [-0.25, -0.2) is 0 Å². The molecule has 6 aromatic carbocycles. The van der Waals surface area contributed by atoms with Crippen molar-refractivity contribution >= 4 is 59.4 Å². The number of hydrogen-bond donors (Lipinski definition) is 2. The lowest BCUT2D eigenvalue weighted by Crippen LogP contribution is -2.38. The predicted molar refractivity (Wildman–Crippen MR) is 265 cm³/mol. The minimum absolute atomic E-state index is 0. The molecule has 346 valence electrons. The molecule has 0 radical (unpaired) electrons. The number of nitrogens with two attached hydrogens (primary N) is 1. The number of esters is 3. The van der Waals surface area contributed by atoms with E-state index in [2.05, 4.69) is 5.32 Å². The van der Waals surface area contributed by atoms with Crippen molar-refractivity contribution in [3.8, 4) is 22.3 Å². The maximum atomic E-state index is 12.6. The van der Waals surface area contributed by atoms with Crippen molar-refractivity contribution in [2.45, 2.75) is 83.6 Å². The molecular weight excluding hydrogens is 895 g/mol. The molecule has 66 heavy (non-hydrogen) atoms. The number of rotatable bonds is 21. The standard InChI is InChI=1S/C31H34ClNO5.C23H22ClNO2.ClH/c1-2-3-18-37-30(35)17-16-29(34)33-28(21-31(36)38-22-24-8-5-4-6-9-24)19-23-12-14-25(15-13-23)26-10-7-11-27(32)20-26;24-21-8-4-7-20(14-21)19-11-9-17(10-12-19)13-22(25)15-23(26)27-16-18-5-2-1-3-6-18;/h4-15,20,28H,2-3,16-19,21-22H2,1H3,(H,33,34);1-12,14,22H,13,15-16,25H2;1H/t28-;22-;/m11./s1. The highest BCUT2D eigenvalue weighted by molar-refractivity contribution is 6.31. The predicted octanol–water partition coefficient (Wildman–Crippen LogP) is 11.7. The summed E-state index contributed by atoms with van der Waals surface area (Å²) in [5, 5.41) is 4.29. The fourth-order valence-electron chi connectivity index (χ4n) is 6.76. The van der Waals surface area contributed by atoms with Gasteiger partial charge in [-0.2, -0.15) is 0 Å². The molecule has 3 N–H and O–H groups in total. The van der Waals surface area contributed by atoms with Crippen LogP contribution in [0.2, 0.25) is 10.0 Å². The van der Waals surface area contributed by atoms with Crippen LogP contribution in [0.25, 0.3) is 22.3 Å². The molecule has 6 rings (SSSR count). The number of unbranched alkanes of at least 4 members (excludes halogenated alkanes) is 1. The van der Waals surface area contributed by atoms with Gasteiger partial charge in [-0.1, -0.05) is 170 Å². The van der Waals surface area contributed by atoms with Crippen LogP contribution in [0.15, 0.2) is 158 Å². The molecular formula is C54H57Cl3N2O7. The van der Waals surface area contributed by atoms with Gasteiger partial charge >= 0.3 is 17.9 Å². The molecule has 9 nitrogen and oxygen atoms in total. The Morgan fingerprint density at radius 2 is 1.02 bits per heavy atom. The lowest BCUT2D eigenvalue weighted by molar-refractivity contribution is -0.147. The van der Waals surface area contributed by atoms with Crippen molar-refractivity contribution < 1.29 is 33.4 Å². The van der Waals surface area contributed by atoms with Crippen LogP contribution in [0, 0.1) is 0 Å². The van der Waals surface area contributed by atoms with Crippen LogP contribution < -0.4 is 11.1 Å². The van der Waals surface area contributed by atoms with Gasteiger partial charge in [0.1, 0.15) is 13.2 Å². The van der Waals surface area contributed by atoms with Gasteiger partial charge in [-0.3, -0.25) is 19.2 Å². The Labute approximate surface area is 404 Å². The zero-order chi connectivity index (χ0) is 46.2. The average molecular weight is 952 g/mol. The molecule has 0 spiro atoms. The molecule has 0 saturated carbocycles. The van der Waals surface area contributed by atoms with Crippen LogP contribution in [0.4, 0.5) is 0 Å². The van der Waals surface area contributed by atoms with E-state index in [4.69, 9.17) is 43.1 Å². The third kappa shape index (κ3) is 19.6. The molecule has 1 amide bonds. The van der Waals surface area contributed by atoms with Crippen LogP contribution in [-0.2, 0) is 59.4 Å². The van der Waals surface area contributed by atoms with E-state index in [1.54, 1.807) is 0 Å². The first kappa shape index (κ1) is 52.7. The zero-order valence-corrected chi connectivity index (χ0v) is 39.4. The van der Waals surface area contributed by atoms with Gasteiger partial charge in [-0.15, -0.1) is 12.4 Å². The first-order valence-corrected chi connectivity index (χ1v) is 22.6. The largest absolute Gasteiger partial charge is 0.466 e. The number of ether oxygens (including phenoxy) is 3. The van der Waals surface area contributed by atoms with Crippen molar-refractivity contribution in [2.75, 3.05) is 6.61 Å². The van der Waals surface area contributed by atoms with E-state index in [-0.39, 0.29) is 69.2 Å². The highest BCUT2D eigenvalue weighted by Crippen LogP contribution is 2.25. The van der Waals surface area contributed by atoms with Crippen molar-refractivity contribution in [1.29, 1.82) is 0 Å². The highest BCUT2D eigenvalue weighted by Gasteiger charge is 2.20. The number of carbonyl (C=O) groups excluding carboxylic acids is 4. The van der Waals surface area contributed by atoms with Gasteiger partial charge in [0.2, 0.25) is 5.91 Å². The molecule has 2 atom stereocenters. The monoisotopic (exact) mass is 950 g/mol. The van der Waals surface area contributed by atoms with E-state index >= 15 is 0 Å². The lowest BCUT2D eigenvalue weighted by atomic mass is 9.99. The van der Waals surface area contributed by atoms with Crippen molar-refractivity contribution in [3.05, 3.63) is 190 Å². The second-order valence-corrected chi connectivity index (χ2v) is 16.5. The molecule has 0 bridgehead atoms. The number of amides is 1. The summed E-state index contributed by atoms with van der Waals surface area (Å²) in [4.78, 5) is 49.1. The number of benzene rings is 6. The number of halogens is 3. The van der Waals surface area contributed by atoms with Crippen molar-refractivity contribution in [3.63, 3.8) is 0 Å². The molecule has 0 fully saturated rings. The summed E-state index contributed by atoms with van der Waals surface area (Å²) in [6.45, 7) is 2.81. The van der Waals surface area contributed by atoms with E-state index in [1.807, 2.05) is 165 Å².